The topological polar surface area (TPSA) is 86.8 Å². The third kappa shape index (κ3) is 6.64. The molecular formula is C15H20I2N4O2S. The summed E-state index contributed by atoms with van der Waals surface area (Å²) in [4.78, 5) is 0. The van der Waals surface area contributed by atoms with Gasteiger partial charge in [-0.05, 0) is 111 Å². The first-order valence-electron chi connectivity index (χ1n) is 7.73. The second kappa shape index (κ2) is 10.8. The largest absolute Gasteiger partial charge is 0.616 e. The highest BCUT2D eigenvalue weighted by Crippen LogP contribution is 2.24. The molecule has 0 fully saturated rings. The predicted octanol–water partition coefficient (Wildman–Crippen LogP) is 3.61. The van der Waals surface area contributed by atoms with Crippen LogP contribution in [0.15, 0.2) is 12.1 Å². The minimum atomic E-state index is -0.796. The van der Waals surface area contributed by atoms with Crippen LogP contribution in [-0.2, 0) is 16.9 Å². The Morgan fingerprint density at radius 1 is 1.21 bits per heavy atom. The molecule has 0 radical (unpaired) electrons. The van der Waals surface area contributed by atoms with Crippen molar-refractivity contribution in [2.75, 3.05) is 12.4 Å². The van der Waals surface area contributed by atoms with E-state index in [9.17, 15) is 4.55 Å². The molecular weight excluding hydrogens is 554 g/mol. The van der Waals surface area contributed by atoms with Crippen LogP contribution in [0.5, 0.6) is 6.01 Å². The molecule has 24 heavy (non-hydrogen) atoms. The van der Waals surface area contributed by atoms with E-state index in [0.29, 0.717) is 18.4 Å². The van der Waals surface area contributed by atoms with Crippen molar-refractivity contribution in [2.24, 2.45) is 0 Å². The lowest BCUT2D eigenvalue weighted by Crippen LogP contribution is -2.11. The van der Waals surface area contributed by atoms with Gasteiger partial charge in [-0.2, -0.15) is 0 Å². The van der Waals surface area contributed by atoms with E-state index in [-0.39, 0.29) is 0 Å². The molecule has 132 valence electrons. The fraction of sp³-hybridized carbons (Fsp3) is 0.533. The Hall–Kier alpha value is -0.140. The number of H-pyrrole nitrogens is 1. The van der Waals surface area contributed by atoms with Crippen LogP contribution in [0.1, 0.15) is 36.8 Å². The molecule has 0 aliphatic rings. The number of hydrogen-bond acceptors (Lipinski definition) is 5. The van der Waals surface area contributed by atoms with Crippen molar-refractivity contribution in [3.8, 4) is 6.01 Å². The van der Waals surface area contributed by atoms with E-state index in [1.807, 2.05) is 0 Å². The highest BCUT2D eigenvalue weighted by molar-refractivity contribution is 14.1. The van der Waals surface area contributed by atoms with Crippen LogP contribution in [0.25, 0.3) is 0 Å². The molecule has 0 amide bonds. The van der Waals surface area contributed by atoms with Crippen molar-refractivity contribution in [3.63, 3.8) is 0 Å². The summed E-state index contributed by atoms with van der Waals surface area (Å²) in [5.41, 5.74) is 2.46. The molecule has 1 aromatic heterocycles. The maximum Gasteiger partial charge on any atom is 0.332 e. The maximum absolute atomic E-state index is 12.3. The highest BCUT2D eigenvalue weighted by atomic mass is 127. The monoisotopic (exact) mass is 574 g/mol. The number of tetrazole rings is 1. The fourth-order valence-corrected chi connectivity index (χ4v) is 4.63. The van der Waals surface area contributed by atoms with Gasteiger partial charge in [0.1, 0.15) is 11.5 Å². The van der Waals surface area contributed by atoms with Gasteiger partial charge >= 0.3 is 6.01 Å². The molecule has 0 saturated carbocycles. The third-order valence-electron chi connectivity index (χ3n) is 3.60. The number of hydrogen-bond donors (Lipinski definition) is 1. The molecule has 2 rings (SSSR count). The van der Waals surface area contributed by atoms with Gasteiger partial charge in [0.25, 0.3) is 0 Å². The minimum absolute atomic E-state index is 0.360. The lowest BCUT2D eigenvalue weighted by Gasteiger charge is -2.14. The average Bonchev–Trinajstić information content (AvgIpc) is 3.08. The van der Waals surface area contributed by atoms with Gasteiger partial charge in [-0.3, -0.25) is 0 Å². The highest BCUT2D eigenvalue weighted by Gasteiger charge is 2.12. The molecule has 1 aromatic carbocycles. The molecule has 0 aliphatic heterocycles. The quantitative estimate of drug-likeness (QED) is 0.267. The van der Waals surface area contributed by atoms with Gasteiger partial charge in [-0.25, -0.2) is 5.10 Å². The summed E-state index contributed by atoms with van der Waals surface area (Å²) >= 11 is 3.90. The van der Waals surface area contributed by atoms with E-state index in [1.165, 1.54) is 18.3 Å². The van der Waals surface area contributed by atoms with E-state index < -0.39 is 11.2 Å². The van der Waals surface area contributed by atoms with E-state index in [0.717, 1.165) is 31.4 Å². The average molecular weight is 574 g/mol. The van der Waals surface area contributed by atoms with Crippen LogP contribution >= 0.6 is 45.2 Å². The van der Waals surface area contributed by atoms with Crippen molar-refractivity contribution in [3.05, 3.63) is 30.4 Å². The SMILES string of the molecule is Cc1c(C[S+]([O-])CCCCCCOc2nnn[nH]2)ccc(I)c1I. The Labute approximate surface area is 172 Å². The number of benzene rings is 1. The zero-order valence-electron chi connectivity index (χ0n) is 13.4. The van der Waals surface area contributed by atoms with E-state index in [4.69, 9.17) is 4.74 Å². The van der Waals surface area contributed by atoms with Crippen molar-refractivity contribution >= 4 is 56.4 Å². The Bertz CT molecular complexity index is 628. The van der Waals surface area contributed by atoms with Crippen LogP contribution in [-0.4, -0.2) is 37.5 Å². The Balaban J connectivity index is 1.58. The van der Waals surface area contributed by atoms with Crippen LogP contribution in [0.3, 0.4) is 0 Å². The van der Waals surface area contributed by atoms with Crippen molar-refractivity contribution in [1.29, 1.82) is 0 Å². The molecule has 0 spiro atoms. The van der Waals surface area contributed by atoms with Gasteiger partial charge in [0.05, 0.1) is 6.61 Å². The van der Waals surface area contributed by atoms with Crippen molar-refractivity contribution < 1.29 is 9.29 Å². The normalized spacial score (nSPS) is 12.3. The molecule has 0 aliphatic carbocycles. The number of aromatic nitrogens is 4. The van der Waals surface area contributed by atoms with E-state index in [2.05, 4.69) is 84.9 Å². The predicted molar refractivity (Wildman–Crippen MR) is 111 cm³/mol. The lowest BCUT2D eigenvalue weighted by molar-refractivity contribution is 0.282. The Morgan fingerprint density at radius 3 is 2.75 bits per heavy atom. The molecule has 1 unspecified atom stereocenters. The zero-order chi connectivity index (χ0) is 17.4. The van der Waals surface area contributed by atoms with Gasteiger partial charge in [0.2, 0.25) is 0 Å². The second-order valence-corrected chi connectivity index (χ2v) is 9.22. The van der Waals surface area contributed by atoms with E-state index in [1.54, 1.807) is 0 Å². The van der Waals surface area contributed by atoms with Gasteiger partial charge in [0, 0.05) is 12.7 Å². The first-order chi connectivity index (χ1) is 11.6. The molecule has 9 heteroatoms. The lowest BCUT2D eigenvalue weighted by atomic mass is 10.1. The standard InChI is InChI=1S/C15H20I2N4O2S/c1-11-12(6-7-13(16)14(11)17)10-24(22)9-5-3-2-4-8-23-15-18-20-21-19-15/h6-7H,2-5,8-10H2,1H3,(H,18,19,20,21). The number of nitrogens with one attached hydrogen (secondary N) is 1. The minimum Gasteiger partial charge on any atom is -0.616 e. The molecule has 0 bridgehead atoms. The number of aromatic amines is 1. The molecule has 6 nitrogen and oxygen atoms in total. The van der Waals surface area contributed by atoms with Gasteiger partial charge in [-0.15, -0.1) is 0 Å². The zero-order valence-corrected chi connectivity index (χ0v) is 18.6. The van der Waals surface area contributed by atoms with Crippen LogP contribution in [0, 0.1) is 14.1 Å². The number of rotatable bonds is 10. The van der Waals surface area contributed by atoms with Gasteiger partial charge < -0.3 is 9.29 Å². The maximum atomic E-state index is 12.3. The summed E-state index contributed by atoms with van der Waals surface area (Å²) in [5, 5.41) is 13.1. The first-order valence-corrected chi connectivity index (χ1v) is 11.4. The molecule has 1 atom stereocenters. The van der Waals surface area contributed by atoms with Gasteiger partial charge in [-0.1, -0.05) is 11.2 Å². The first kappa shape index (κ1) is 20.2. The van der Waals surface area contributed by atoms with Crippen molar-refractivity contribution in [2.45, 2.75) is 38.4 Å². The number of nitrogens with zero attached hydrogens (tertiary/aromatic N) is 3. The Morgan fingerprint density at radius 2 is 2.00 bits per heavy atom. The summed E-state index contributed by atoms with van der Waals surface area (Å²) in [6.45, 7) is 2.71. The third-order valence-corrected chi connectivity index (χ3v) is 8.30. The summed E-state index contributed by atoms with van der Waals surface area (Å²) in [6, 6.07) is 4.57. The van der Waals surface area contributed by atoms with Crippen LogP contribution in [0.4, 0.5) is 0 Å². The summed E-state index contributed by atoms with van der Waals surface area (Å²) in [7, 11) is 0. The fourth-order valence-electron chi connectivity index (χ4n) is 2.19. The number of ether oxygens (including phenoxy) is 1. The molecule has 2 aromatic rings. The smallest absolute Gasteiger partial charge is 0.332 e. The second-order valence-electron chi connectivity index (χ2n) is 5.40. The summed E-state index contributed by atoms with van der Waals surface area (Å²) in [6.07, 6.45) is 4.05. The number of halogens is 2. The van der Waals surface area contributed by atoms with E-state index >= 15 is 0 Å². The van der Waals surface area contributed by atoms with Crippen LogP contribution < -0.4 is 4.74 Å². The molecule has 1 N–H and O–H groups in total. The molecule has 1 heterocycles. The van der Waals surface area contributed by atoms with Crippen molar-refractivity contribution in [1.82, 2.24) is 20.6 Å². The Kier molecular flexibility index (Phi) is 9.05. The molecule has 0 saturated heterocycles. The van der Waals surface area contributed by atoms with Crippen LogP contribution in [0.2, 0.25) is 0 Å². The number of unbranched alkanes of at least 4 members (excludes halogenated alkanes) is 3. The summed E-state index contributed by atoms with van der Waals surface area (Å²) in [5.74, 6) is 1.41. The summed E-state index contributed by atoms with van der Waals surface area (Å²) < 4.78 is 20.1. The van der Waals surface area contributed by atoms with Gasteiger partial charge in [0.15, 0.2) is 0 Å².